The van der Waals surface area contributed by atoms with Crippen molar-refractivity contribution in [3.8, 4) is 0 Å². The summed E-state index contributed by atoms with van der Waals surface area (Å²) in [5.74, 6) is 0.489. The van der Waals surface area contributed by atoms with Crippen molar-refractivity contribution in [3.63, 3.8) is 0 Å². The number of hydrogen-bond donors (Lipinski definition) is 1. The highest BCUT2D eigenvalue weighted by atomic mass is 16.6. The molecule has 0 saturated carbocycles. The van der Waals surface area contributed by atoms with Gasteiger partial charge in [-0.1, -0.05) is 6.92 Å². The molecule has 0 aliphatic carbocycles. The lowest BCUT2D eigenvalue weighted by Crippen LogP contribution is -2.48. The van der Waals surface area contributed by atoms with Gasteiger partial charge in [0.25, 0.3) is 5.69 Å². The number of nitrogens with zero attached hydrogens (tertiary/aromatic N) is 3. The number of nitro benzene ring substituents is 1. The Labute approximate surface area is 166 Å². The molecule has 6 nitrogen and oxygen atoms in total. The first-order chi connectivity index (χ1) is 13.2. The molecule has 0 saturated heterocycles. The van der Waals surface area contributed by atoms with E-state index in [2.05, 4.69) is 62.2 Å². The van der Waals surface area contributed by atoms with Gasteiger partial charge >= 0.3 is 0 Å². The largest absolute Gasteiger partial charge is 0.366 e. The van der Waals surface area contributed by atoms with Gasteiger partial charge in [0.05, 0.1) is 16.8 Å². The molecule has 0 unspecified atom stereocenters. The number of hydrazone groups is 1. The minimum atomic E-state index is -0.411. The van der Waals surface area contributed by atoms with Crippen molar-refractivity contribution >= 4 is 23.3 Å². The predicted octanol–water partition coefficient (Wildman–Crippen LogP) is 5.46. The molecule has 2 aromatic rings. The number of anilines is 2. The van der Waals surface area contributed by atoms with Crippen molar-refractivity contribution in [3.05, 3.63) is 63.2 Å². The maximum Gasteiger partial charge on any atom is 0.269 e. The molecule has 0 spiro atoms. The van der Waals surface area contributed by atoms with Crippen molar-refractivity contribution in [1.82, 2.24) is 0 Å². The van der Waals surface area contributed by atoms with Crippen LogP contribution >= 0.6 is 0 Å². The molecular weight excluding hydrogens is 352 g/mol. The number of nitrogens with one attached hydrogen (secondary N) is 1. The zero-order valence-corrected chi connectivity index (χ0v) is 17.2. The second-order valence-corrected chi connectivity index (χ2v) is 8.10. The third-order valence-electron chi connectivity index (χ3n) is 5.57. The number of benzene rings is 2. The Balaban J connectivity index is 1.83. The molecule has 28 heavy (non-hydrogen) atoms. The highest BCUT2D eigenvalue weighted by molar-refractivity contribution is 5.84. The first kappa shape index (κ1) is 19.9. The van der Waals surface area contributed by atoms with E-state index in [-0.39, 0.29) is 11.2 Å². The number of aryl methyl sites for hydroxylation is 1. The van der Waals surface area contributed by atoms with E-state index in [1.165, 1.54) is 28.9 Å². The zero-order valence-electron chi connectivity index (χ0n) is 17.2. The molecule has 1 atom stereocenters. The highest BCUT2D eigenvalue weighted by Gasteiger charge is 2.35. The SMILES string of the molecule is CCN1c2cc(C)c(/C=N\Nc3ccc([N+](=O)[O-])cc3)cc2[C@H](C)CC1(C)C. The van der Waals surface area contributed by atoms with Gasteiger partial charge in [-0.2, -0.15) is 5.10 Å². The first-order valence-corrected chi connectivity index (χ1v) is 9.68. The molecule has 1 N–H and O–H groups in total. The molecule has 0 bridgehead atoms. The van der Waals surface area contributed by atoms with Crippen LogP contribution in [0.2, 0.25) is 0 Å². The van der Waals surface area contributed by atoms with E-state index in [1.54, 1.807) is 12.1 Å². The Kier molecular flexibility index (Phi) is 5.40. The second-order valence-electron chi connectivity index (χ2n) is 8.10. The number of non-ortho nitro benzene ring substituents is 1. The molecule has 0 fully saturated rings. The summed E-state index contributed by atoms with van der Waals surface area (Å²) in [5, 5.41) is 15.1. The monoisotopic (exact) mass is 380 g/mol. The van der Waals surface area contributed by atoms with Gasteiger partial charge in [-0.15, -0.1) is 0 Å². The number of hydrogen-bond acceptors (Lipinski definition) is 5. The van der Waals surface area contributed by atoms with Gasteiger partial charge in [-0.3, -0.25) is 15.5 Å². The zero-order chi connectivity index (χ0) is 20.5. The molecule has 148 valence electrons. The molecule has 1 heterocycles. The van der Waals surface area contributed by atoms with Gasteiger partial charge < -0.3 is 4.90 Å². The van der Waals surface area contributed by atoms with Gasteiger partial charge in [-0.05, 0) is 81.0 Å². The van der Waals surface area contributed by atoms with Gasteiger partial charge in [0.2, 0.25) is 0 Å². The van der Waals surface area contributed by atoms with Crippen LogP contribution in [0.15, 0.2) is 41.5 Å². The van der Waals surface area contributed by atoms with Gasteiger partial charge in [0.1, 0.15) is 0 Å². The average Bonchev–Trinajstić information content (AvgIpc) is 2.62. The second kappa shape index (κ2) is 7.62. The van der Waals surface area contributed by atoms with Crippen molar-refractivity contribution in [2.75, 3.05) is 16.9 Å². The van der Waals surface area contributed by atoms with Crippen LogP contribution in [0.5, 0.6) is 0 Å². The summed E-state index contributed by atoms with van der Waals surface area (Å²) in [5.41, 5.74) is 8.82. The fourth-order valence-corrected chi connectivity index (χ4v) is 4.22. The van der Waals surface area contributed by atoms with Crippen molar-refractivity contribution in [2.45, 2.75) is 52.5 Å². The van der Waals surface area contributed by atoms with Crippen LogP contribution < -0.4 is 10.3 Å². The Morgan fingerprint density at radius 1 is 1.32 bits per heavy atom. The molecule has 0 amide bonds. The number of fused-ring (bicyclic) bond motifs is 1. The van der Waals surface area contributed by atoms with Crippen molar-refractivity contribution in [2.24, 2.45) is 5.10 Å². The van der Waals surface area contributed by atoms with E-state index < -0.39 is 4.92 Å². The Bertz CT molecular complexity index is 903. The third-order valence-corrected chi connectivity index (χ3v) is 5.57. The number of nitro groups is 1. The lowest BCUT2D eigenvalue weighted by atomic mass is 9.79. The third kappa shape index (κ3) is 3.86. The van der Waals surface area contributed by atoms with Crippen LogP contribution in [0.25, 0.3) is 0 Å². The van der Waals surface area contributed by atoms with Crippen LogP contribution in [0.1, 0.15) is 56.7 Å². The summed E-state index contributed by atoms with van der Waals surface area (Å²) < 4.78 is 0. The van der Waals surface area contributed by atoms with E-state index in [0.717, 1.165) is 18.5 Å². The molecule has 1 aliphatic heterocycles. The van der Waals surface area contributed by atoms with Crippen molar-refractivity contribution in [1.29, 1.82) is 0 Å². The summed E-state index contributed by atoms with van der Waals surface area (Å²) in [6, 6.07) is 10.7. The van der Waals surface area contributed by atoms with Crippen molar-refractivity contribution < 1.29 is 4.92 Å². The van der Waals surface area contributed by atoms with E-state index in [0.29, 0.717) is 11.6 Å². The summed E-state index contributed by atoms with van der Waals surface area (Å²) in [6.45, 7) is 12.2. The van der Waals surface area contributed by atoms with E-state index >= 15 is 0 Å². The minimum absolute atomic E-state index is 0.0671. The summed E-state index contributed by atoms with van der Waals surface area (Å²) in [7, 11) is 0. The maximum absolute atomic E-state index is 10.7. The molecule has 6 heteroatoms. The van der Waals surface area contributed by atoms with Gasteiger partial charge in [0, 0.05) is 29.9 Å². The van der Waals surface area contributed by atoms with Gasteiger partial charge in [0.15, 0.2) is 0 Å². The summed E-state index contributed by atoms with van der Waals surface area (Å²) >= 11 is 0. The smallest absolute Gasteiger partial charge is 0.269 e. The van der Waals surface area contributed by atoms with Gasteiger partial charge in [-0.25, -0.2) is 0 Å². The fraction of sp³-hybridized carbons (Fsp3) is 0.409. The van der Waals surface area contributed by atoms with E-state index in [9.17, 15) is 10.1 Å². The van der Waals surface area contributed by atoms with E-state index in [4.69, 9.17) is 0 Å². The minimum Gasteiger partial charge on any atom is -0.366 e. The topological polar surface area (TPSA) is 70.8 Å². The summed E-state index contributed by atoms with van der Waals surface area (Å²) in [6.07, 6.45) is 2.94. The predicted molar refractivity (Wildman–Crippen MR) is 116 cm³/mol. The van der Waals surface area contributed by atoms with Crippen LogP contribution in [-0.2, 0) is 0 Å². The fourth-order valence-electron chi connectivity index (χ4n) is 4.22. The normalized spacial score (nSPS) is 18.2. The van der Waals surface area contributed by atoms with Crippen LogP contribution in [-0.4, -0.2) is 23.2 Å². The molecule has 1 aliphatic rings. The first-order valence-electron chi connectivity index (χ1n) is 9.68. The standard InChI is InChI=1S/C22H28N4O2/c1-6-25-21-11-15(2)17(12-20(21)16(3)13-22(25,4)5)14-23-24-18-7-9-19(10-8-18)26(27)28/h7-12,14,16,24H,6,13H2,1-5H3/b23-14-/t16-/m1/s1. The van der Waals surface area contributed by atoms with Crippen LogP contribution in [0.4, 0.5) is 17.1 Å². The Morgan fingerprint density at radius 2 is 2.00 bits per heavy atom. The molecule has 3 rings (SSSR count). The molecule has 0 radical (unpaired) electrons. The number of rotatable bonds is 5. The van der Waals surface area contributed by atoms with E-state index in [1.807, 2.05) is 6.21 Å². The Hall–Kier alpha value is -2.89. The van der Waals surface area contributed by atoms with Crippen LogP contribution in [0, 0.1) is 17.0 Å². The lowest BCUT2D eigenvalue weighted by Gasteiger charge is -2.47. The molecule has 2 aromatic carbocycles. The quantitative estimate of drug-likeness (QED) is 0.425. The average molecular weight is 380 g/mol. The molecule has 0 aromatic heterocycles. The molecular formula is C22H28N4O2. The van der Waals surface area contributed by atoms with Crippen LogP contribution in [0.3, 0.4) is 0 Å². The lowest BCUT2D eigenvalue weighted by molar-refractivity contribution is -0.384. The maximum atomic E-state index is 10.7. The Morgan fingerprint density at radius 3 is 2.61 bits per heavy atom. The highest BCUT2D eigenvalue weighted by Crippen LogP contribution is 2.43. The summed E-state index contributed by atoms with van der Waals surface area (Å²) in [4.78, 5) is 12.8.